The largest absolute Gasteiger partial charge is 0.340 e. The highest BCUT2D eigenvalue weighted by molar-refractivity contribution is 5.97. The van der Waals surface area contributed by atoms with Gasteiger partial charge in [0.2, 0.25) is 5.91 Å². The molecule has 0 unspecified atom stereocenters. The third-order valence-electron chi connectivity index (χ3n) is 5.71. The monoisotopic (exact) mass is 418 g/mol. The lowest BCUT2D eigenvalue weighted by atomic mass is 10.0. The van der Waals surface area contributed by atoms with E-state index < -0.39 is 6.04 Å². The summed E-state index contributed by atoms with van der Waals surface area (Å²) in [6, 6.07) is 16.6. The van der Waals surface area contributed by atoms with Crippen molar-refractivity contribution in [1.82, 2.24) is 15.1 Å². The Morgan fingerprint density at radius 2 is 1.61 bits per heavy atom. The number of hydrogen-bond donors (Lipinski definition) is 1. The molecule has 3 rings (SSSR count). The van der Waals surface area contributed by atoms with E-state index >= 15 is 0 Å². The topological polar surface area (TPSA) is 76.4 Å². The molecule has 0 aliphatic carbocycles. The van der Waals surface area contributed by atoms with Gasteiger partial charge in [0.05, 0.1) is 11.6 Å². The van der Waals surface area contributed by atoms with E-state index in [1.54, 1.807) is 12.1 Å². The summed E-state index contributed by atoms with van der Waals surface area (Å²) in [5.74, 6) is -0.237. The van der Waals surface area contributed by atoms with Crippen molar-refractivity contribution in [2.75, 3.05) is 26.2 Å². The smallest absolute Gasteiger partial charge is 0.251 e. The molecule has 6 heteroatoms. The SMILES string of the molecule is Cc1ccc(C(=O)N[C@H](C(=O)N2CCN(Cc3ccc(C#N)cc3)CC2)C(C)C)cc1. The molecule has 0 aromatic heterocycles. The van der Waals surface area contributed by atoms with Crippen LogP contribution in [0.15, 0.2) is 48.5 Å². The summed E-state index contributed by atoms with van der Waals surface area (Å²) >= 11 is 0. The van der Waals surface area contributed by atoms with Crippen LogP contribution in [0.4, 0.5) is 0 Å². The van der Waals surface area contributed by atoms with Crippen LogP contribution in [0.3, 0.4) is 0 Å². The van der Waals surface area contributed by atoms with E-state index in [0.717, 1.165) is 30.8 Å². The highest BCUT2D eigenvalue weighted by atomic mass is 16.2. The number of nitrogens with zero attached hydrogens (tertiary/aromatic N) is 3. The van der Waals surface area contributed by atoms with Crippen LogP contribution in [0.25, 0.3) is 0 Å². The van der Waals surface area contributed by atoms with Gasteiger partial charge in [-0.2, -0.15) is 5.26 Å². The van der Waals surface area contributed by atoms with E-state index in [1.165, 1.54) is 0 Å². The van der Waals surface area contributed by atoms with Crippen LogP contribution in [-0.2, 0) is 11.3 Å². The van der Waals surface area contributed by atoms with Crippen molar-refractivity contribution < 1.29 is 9.59 Å². The molecule has 0 bridgehead atoms. The maximum Gasteiger partial charge on any atom is 0.251 e. The molecule has 1 saturated heterocycles. The molecule has 1 atom stereocenters. The highest BCUT2D eigenvalue weighted by Crippen LogP contribution is 2.14. The van der Waals surface area contributed by atoms with E-state index in [-0.39, 0.29) is 17.7 Å². The fourth-order valence-corrected chi connectivity index (χ4v) is 3.71. The minimum atomic E-state index is -0.543. The Morgan fingerprint density at radius 1 is 1.00 bits per heavy atom. The first kappa shape index (κ1) is 22.5. The lowest BCUT2D eigenvalue weighted by molar-refractivity contribution is -0.136. The Balaban J connectivity index is 1.56. The molecule has 0 saturated carbocycles. The van der Waals surface area contributed by atoms with Crippen molar-refractivity contribution >= 4 is 11.8 Å². The normalized spacial score (nSPS) is 15.4. The summed E-state index contributed by atoms with van der Waals surface area (Å²) in [5, 5.41) is 11.9. The predicted molar refractivity (Wildman–Crippen MR) is 120 cm³/mol. The molecule has 31 heavy (non-hydrogen) atoms. The van der Waals surface area contributed by atoms with Gasteiger partial charge in [0, 0.05) is 38.3 Å². The molecular weight excluding hydrogens is 388 g/mol. The quantitative estimate of drug-likeness (QED) is 0.783. The van der Waals surface area contributed by atoms with Crippen LogP contribution in [-0.4, -0.2) is 53.8 Å². The zero-order valence-electron chi connectivity index (χ0n) is 18.5. The molecule has 0 radical (unpaired) electrons. The second kappa shape index (κ2) is 10.2. The zero-order chi connectivity index (χ0) is 22.4. The van der Waals surface area contributed by atoms with E-state index in [1.807, 2.05) is 62.1 Å². The summed E-state index contributed by atoms with van der Waals surface area (Å²) in [6.45, 7) is 9.52. The fourth-order valence-electron chi connectivity index (χ4n) is 3.71. The molecule has 1 aliphatic rings. The van der Waals surface area contributed by atoms with Crippen molar-refractivity contribution in [3.8, 4) is 6.07 Å². The summed E-state index contributed by atoms with van der Waals surface area (Å²) in [7, 11) is 0. The lowest BCUT2D eigenvalue weighted by Gasteiger charge is -2.37. The van der Waals surface area contributed by atoms with Crippen molar-refractivity contribution in [3.63, 3.8) is 0 Å². The first-order chi connectivity index (χ1) is 14.9. The van der Waals surface area contributed by atoms with Gasteiger partial charge in [0.15, 0.2) is 0 Å². The molecule has 162 valence electrons. The van der Waals surface area contributed by atoms with E-state index in [4.69, 9.17) is 5.26 Å². The Kier molecular flexibility index (Phi) is 7.43. The third-order valence-corrected chi connectivity index (χ3v) is 5.71. The summed E-state index contributed by atoms with van der Waals surface area (Å²) < 4.78 is 0. The average molecular weight is 419 g/mol. The number of nitrogens with one attached hydrogen (secondary N) is 1. The van der Waals surface area contributed by atoms with Crippen LogP contribution in [0.5, 0.6) is 0 Å². The van der Waals surface area contributed by atoms with Crippen LogP contribution in [0.2, 0.25) is 0 Å². The molecule has 1 aliphatic heterocycles. The van der Waals surface area contributed by atoms with Crippen LogP contribution < -0.4 is 5.32 Å². The van der Waals surface area contributed by atoms with Gasteiger partial charge < -0.3 is 10.2 Å². The van der Waals surface area contributed by atoms with Gasteiger partial charge in [0.1, 0.15) is 6.04 Å². The number of nitriles is 1. The van der Waals surface area contributed by atoms with Crippen molar-refractivity contribution in [1.29, 1.82) is 5.26 Å². The number of hydrogen-bond acceptors (Lipinski definition) is 4. The maximum atomic E-state index is 13.2. The van der Waals surface area contributed by atoms with Crippen LogP contribution in [0.1, 0.15) is 40.9 Å². The molecule has 1 fully saturated rings. The van der Waals surface area contributed by atoms with Gasteiger partial charge in [-0.05, 0) is 42.7 Å². The molecule has 1 N–H and O–H groups in total. The molecule has 2 amide bonds. The van der Waals surface area contributed by atoms with Crippen LogP contribution >= 0.6 is 0 Å². The van der Waals surface area contributed by atoms with Gasteiger partial charge in [-0.1, -0.05) is 43.7 Å². The molecule has 2 aromatic rings. The lowest BCUT2D eigenvalue weighted by Crippen LogP contribution is -2.56. The Bertz CT molecular complexity index is 937. The number of amides is 2. The Morgan fingerprint density at radius 3 is 2.16 bits per heavy atom. The molecule has 1 heterocycles. The summed E-state index contributed by atoms with van der Waals surface area (Å²) in [4.78, 5) is 30.0. The van der Waals surface area contributed by atoms with Gasteiger partial charge in [-0.25, -0.2) is 0 Å². The fraction of sp³-hybridized carbons (Fsp3) is 0.400. The van der Waals surface area contributed by atoms with Gasteiger partial charge in [-0.15, -0.1) is 0 Å². The average Bonchev–Trinajstić information content (AvgIpc) is 2.78. The van der Waals surface area contributed by atoms with Gasteiger partial charge >= 0.3 is 0 Å². The maximum absolute atomic E-state index is 13.2. The number of carbonyl (C=O) groups excluding carboxylic acids is 2. The molecule has 0 spiro atoms. The number of piperazine rings is 1. The minimum Gasteiger partial charge on any atom is -0.340 e. The summed E-state index contributed by atoms with van der Waals surface area (Å²) in [6.07, 6.45) is 0. The first-order valence-electron chi connectivity index (χ1n) is 10.7. The van der Waals surface area contributed by atoms with E-state index in [2.05, 4.69) is 16.3 Å². The first-order valence-corrected chi connectivity index (χ1v) is 10.7. The van der Waals surface area contributed by atoms with Crippen LogP contribution in [0, 0.1) is 24.2 Å². The Labute approximate surface area is 184 Å². The predicted octanol–water partition coefficient (Wildman–Crippen LogP) is 2.97. The van der Waals surface area contributed by atoms with Crippen molar-refractivity contribution in [3.05, 3.63) is 70.8 Å². The number of carbonyl (C=O) groups is 2. The molecule has 2 aromatic carbocycles. The summed E-state index contributed by atoms with van der Waals surface area (Å²) in [5.41, 5.74) is 3.47. The zero-order valence-corrected chi connectivity index (χ0v) is 18.5. The van der Waals surface area contributed by atoms with Gasteiger partial charge in [-0.3, -0.25) is 14.5 Å². The minimum absolute atomic E-state index is 0.00132. The molecule has 6 nitrogen and oxygen atoms in total. The Hall–Kier alpha value is -3.17. The number of aryl methyl sites for hydroxylation is 1. The van der Waals surface area contributed by atoms with E-state index in [9.17, 15) is 9.59 Å². The second-order valence-corrected chi connectivity index (χ2v) is 8.47. The highest BCUT2D eigenvalue weighted by Gasteiger charge is 2.31. The standard InChI is InChI=1S/C25H30N4O2/c1-18(2)23(27-24(30)22-10-4-19(3)5-11-22)25(31)29-14-12-28(13-15-29)17-21-8-6-20(16-26)7-9-21/h4-11,18,23H,12-15,17H2,1-3H3,(H,27,30)/t23-/m0/s1. The number of benzene rings is 2. The third kappa shape index (κ3) is 5.93. The van der Waals surface area contributed by atoms with E-state index in [0.29, 0.717) is 24.2 Å². The van der Waals surface area contributed by atoms with Crippen molar-refractivity contribution in [2.45, 2.75) is 33.4 Å². The second-order valence-electron chi connectivity index (χ2n) is 8.47. The van der Waals surface area contributed by atoms with Crippen molar-refractivity contribution in [2.24, 2.45) is 5.92 Å². The van der Waals surface area contributed by atoms with Gasteiger partial charge in [0.25, 0.3) is 5.91 Å². The number of rotatable bonds is 6. The molecular formula is C25H30N4O2.